The molecule has 0 saturated heterocycles. The predicted molar refractivity (Wildman–Crippen MR) is 110 cm³/mol. The van der Waals surface area contributed by atoms with Crippen molar-refractivity contribution in [3.05, 3.63) is 0 Å². The molecule has 0 unspecified atom stereocenters. The Morgan fingerprint density at radius 1 is 1.07 bits per heavy atom. The van der Waals surface area contributed by atoms with Crippen LogP contribution in [0.25, 0.3) is 0 Å². The molecule has 0 heterocycles. The fourth-order valence-corrected chi connectivity index (χ4v) is 2.85. The molecule has 9 heteroatoms. The molecule has 0 bridgehead atoms. The molecule has 0 rings (SSSR count). The summed E-state index contributed by atoms with van der Waals surface area (Å²) in [6.45, 7) is 6.03. The highest BCUT2D eigenvalue weighted by Gasteiger charge is 2.36. The number of ether oxygens (including phenoxy) is 2. The Labute approximate surface area is 174 Å². The average molecular weight is 418 g/mol. The van der Waals surface area contributed by atoms with Crippen LogP contribution in [-0.4, -0.2) is 91.3 Å². The van der Waals surface area contributed by atoms with E-state index in [1.807, 2.05) is 6.92 Å². The predicted octanol–water partition coefficient (Wildman–Crippen LogP) is 0.530. The molecule has 3 amide bonds. The summed E-state index contributed by atoms with van der Waals surface area (Å²) in [7, 11) is 4.63. The molecule has 0 aliphatic rings. The zero-order valence-corrected chi connectivity index (χ0v) is 18.8. The minimum atomic E-state index is -1.19. The van der Waals surface area contributed by atoms with E-state index in [1.165, 1.54) is 16.8 Å². The molecular formula is C20H39N3O6. The minimum Gasteiger partial charge on any atom is -0.390 e. The van der Waals surface area contributed by atoms with Crippen molar-refractivity contribution in [3.63, 3.8) is 0 Å². The van der Waals surface area contributed by atoms with Crippen LogP contribution in [0, 0.1) is 0 Å². The van der Waals surface area contributed by atoms with E-state index in [0.29, 0.717) is 26.1 Å². The number of unbranched alkanes of at least 4 members (excludes halogenated alkanes) is 1. The molecule has 29 heavy (non-hydrogen) atoms. The second kappa shape index (κ2) is 13.5. The summed E-state index contributed by atoms with van der Waals surface area (Å²) in [5.74, 6) is -1.35. The number of carbonyl (C=O) groups excluding carboxylic acids is 3. The van der Waals surface area contributed by atoms with E-state index in [0.717, 1.165) is 12.8 Å². The Balaban J connectivity index is 5.30. The van der Waals surface area contributed by atoms with Crippen molar-refractivity contribution in [2.45, 2.75) is 70.6 Å². The number of rotatable bonds is 15. The molecule has 0 aliphatic heterocycles. The van der Waals surface area contributed by atoms with Crippen molar-refractivity contribution < 1.29 is 29.0 Å². The third kappa shape index (κ3) is 10.6. The summed E-state index contributed by atoms with van der Waals surface area (Å²) in [6, 6.07) is -1.88. The Hall–Kier alpha value is -1.71. The lowest BCUT2D eigenvalue weighted by Gasteiger charge is -2.35. The van der Waals surface area contributed by atoms with E-state index in [1.54, 1.807) is 28.0 Å². The Bertz CT molecular complexity index is 521. The number of hydrogen-bond donors (Lipinski definition) is 2. The minimum absolute atomic E-state index is 0.0100. The molecular weight excluding hydrogens is 378 g/mol. The summed E-state index contributed by atoms with van der Waals surface area (Å²) >= 11 is 0. The molecule has 0 radical (unpaired) electrons. The first-order chi connectivity index (χ1) is 13.5. The lowest BCUT2D eigenvalue weighted by Crippen LogP contribution is -2.56. The number of nitrogens with zero attached hydrogens (tertiary/aromatic N) is 2. The molecule has 0 saturated carbocycles. The first-order valence-corrected chi connectivity index (χ1v) is 10.1. The third-order valence-electron chi connectivity index (χ3n) is 4.61. The van der Waals surface area contributed by atoms with E-state index >= 15 is 0 Å². The number of hydrogen-bond acceptors (Lipinski definition) is 6. The summed E-state index contributed by atoms with van der Waals surface area (Å²) in [4.78, 5) is 40.0. The van der Waals surface area contributed by atoms with Crippen molar-refractivity contribution in [1.82, 2.24) is 9.80 Å². The fourth-order valence-electron chi connectivity index (χ4n) is 2.85. The largest absolute Gasteiger partial charge is 0.390 e. The van der Waals surface area contributed by atoms with Crippen LogP contribution in [0.3, 0.4) is 0 Å². The van der Waals surface area contributed by atoms with E-state index in [4.69, 9.17) is 15.2 Å². The van der Waals surface area contributed by atoms with E-state index < -0.39 is 29.5 Å². The average Bonchev–Trinajstić information content (AvgIpc) is 2.63. The molecule has 0 aromatic rings. The Morgan fingerprint density at radius 2 is 1.66 bits per heavy atom. The maximum atomic E-state index is 13.1. The number of nitrogens with two attached hydrogens (primary N) is 1. The van der Waals surface area contributed by atoms with Gasteiger partial charge in [0.1, 0.15) is 12.1 Å². The molecule has 0 aromatic carbocycles. The summed E-state index contributed by atoms with van der Waals surface area (Å²) in [5.41, 5.74) is 4.28. The van der Waals surface area contributed by atoms with Gasteiger partial charge in [0.05, 0.1) is 12.2 Å². The first-order valence-electron chi connectivity index (χ1n) is 10.1. The first kappa shape index (κ1) is 27.3. The monoisotopic (exact) mass is 417 g/mol. The lowest BCUT2D eigenvalue weighted by atomic mass is 9.97. The van der Waals surface area contributed by atoms with E-state index in [-0.39, 0.29) is 18.9 Å². The van der Waals surface area contributed by atoms with Gasteiger partial charge in [-0.25, -0.2) is 0 Å². The SMILES string of the molecule is CCCC(=O)N(C)[C@H](COCCCCOC)C(=O)N(C)[C@@H](CC(C)(C)O)C(N)=O. The zero-order valence-electron chi connectivity index (χ0n) is 18.8. The van der Waals surface area contributed by atoms with Crippen LogP contribution >= 0.6 is 0 Å². The van der Waals surface area contributed by atoms with Crippen LogP contribution in [0.4, 0.5) is 0 Å². The summed E-state index contributed by atoms with van der Waals surface area (Å²) < 4.78 is 10.6. The van der Waals surface area contributed by atoms with Crippen LogP contribution in [0.5, 0.6) is 0 Å². The van der Waals surface area contributed by atoms with Gasteiger partial charge in [0, 0.05) is 47.3 Å². The summed E-state index contributed by atoms with van der Waals surface area (Å²) in [5, 5.41) is 10.1. The Morgan fingerprint density at radius 3 is 2.14 bits per heavy atom. The van der Waals surface area contributed by atoms with Gasteiger partial charge in [-0.15, -0.1) is 0 Å². The van der Waals surface area contributed by atoms with Crippen molar-refractivity contribution in [2.75, 3.05) is 41.0 Å². The van der Waals surface area contributed by atoms with Gasteiger partial charge in [-0.2, -0.15) is 0 Å². The van der Waals surface area contributed by atoms with Gasteiger partial charge in [-0.3, -0.25) is 14.4 Å². The van der Waals surface area contributed by atoms with Crippen molar-refractivity contribution in [2.24, 2.45) is 5.73 Å². The second-order valence-corrected chi connectivity index (χ2v) is 7.93. The number of methoxy groups -OCH3 is 1. The number of likely N-dealkylation sites (N-methyl/N-ethyl adjacent to an activating group) is 2. The van der Waals surface area contributed by atoms with Crippen molar-refractivity contribution in [3.8, 4) is 0 Å². The molecule has 0 aromatic heterocycles. The number of amides is 3. The van der Waals surface area contributed by atoms with Crippen LogP contribution in [0.2, 0.25) is 0 Å². The van der Waals surface area contributed by atoms with Gasteiger partial charge in [0.2, 0.25) is 17.7 Å². The molecule has 9 nitrogen and oxygen atoms in total. The maximum Gasteiger partial charge on any atom is 0.248 e. The Kier molecular flexibility index (Phi) is 12.7. The van der Waals surface area contributed by atoms with Crippen LogP contribution in [-0.2, 0) is 23.9 Å². The highest BCUT2D eigenvalue weighted by atomic mass is 16.5. The lowest BCUT2D eigenvalue weighted by molar-refractivity contribution is -0.150. The number of aliphatic hydroxyl groups is 1. The normalized spacial score (nSPS) is 13.6. The van der Waals surface area contributed by atoms with Crippen LogP contribution in [0.1, 0.15) is 52.9 Å². The van der Waals surface area contributed by atoms with Gasteiger partial charge in [-0.05, 0) is 33.1 Å². The van der Waals surface area contributed by atoms with Gasteiger partial charge < -0.3 is 30.1 Å². The topological polar surface area (TPSA) is 122 Å². The van der Waals surface area contributed by atoms with Gasteiger partial charge in [0.25, 0.3) is 0 Å². The van der Waals surface area contributed by atoms with Gasteiger partial charge >= 0.3 is 0 Å². The molecule has 170 valence electrons. The van der Waals surface area contributed by atoms with Crippen LogP contribution in [0.15, 0.2) is 0 Å². The van der Waals surface area contributed by atoms with Gasteiger partial charge in [0.15, 0.2) is 0 Å². The van der Waals surface area contributed by atoms with Crippen LogP contribution < -0.4 is 5.73 Å². The van der Waals surface area contributed by atoms with E-state index in [2.05, 4.69) is 0 Å². The van der Waals surface area contributed by atoms with E-state index in [9.17, 15) is 19.5 Å². The maximum absolute atomic E-state index is 13.1. The quantitative estimate of drug-likeness (QED) is 0.375. The van der Waals surface area contributed by atoms with Gasteiger partial charge in [-0.1, -0.05) is 6.92 Å². The number of primary amides is 1. The zero-order chi connectivity index (χ0) is 22.6. The third-order valence-corrected chi connectivity index (χ3v) is 4.61. The molecule has 2 atom stereocenters. The molecule has 0 aliphatic carbocycles. The van der Waals surface area contributed by atoms with Crippen molar-refractivity contribution >= 4 is 17.7 Å². The highest BCUT2D eigenvalue weighted by Crippen LogP contribution is 2.17. The summed E-state index contributed by atoms with van der Waals surface area (Å²) in [6.07, 6.45) is 2.54. The molecule has 0 fully saturated rings. The number of carbonyl (C=O) groups is 3. The van der Waals surface area contributed by atoms with Crippen molar-refractivity contribution in [1.29, 1.82) is 0 Å². The molecule has 3 N–H and O–H groups in total. The standard InChI is InChI=1S/C20H39N3O6/c1-7-10-17(24)22(4)16(14-29-12-9-8-11-28-6)19(26)23(5)15(18(21)25)13-20(2,3)27/h15-16,27H,7-14H2,1-6H3,(H2,21,25)/t15-,16+/m0/s1. The fraction of sp³-hybridized carbons (Fsp3) is 0.850. The molecule has 0 spiro atoms. The smallest absolute Gasteiger partial charge is 0.248 e. The highest BCUT2D eigenvalue weighted by molar-refractivity contribution is 5.91. The second-order valence-electron chi connectivity index (χ2n) is 7.93.